The maximum atomic E-state index is 12.0. The van der Waals surface area contributed by atoms with Crippen molar-refractivity contribution in [1.29, 1.82) is 0 Å². The van der Waals surface area contributed by atoms with Crippen LogP contribution in [0.5, 0.6) is 0 Å². The van der Waals surface area contributed by atoms with Gasteiger partial charge in [-0.25, -0.2) is 13.1 Å². The first kappa shape index (κ1) is 14.5. The standard InChI is InChI=1S/C10H12N6O2S2/c11-10(19)8-4-2-1-3-7(8)6-20(17,18)12-5-9-13-15-16-14-9/h1-4,12H,5-6H2,(H2,11,19)(H,13,14,15,16). The number of aromatic nitrogens is 4. The van der Waals surface area contributed by atoms with E-state index in [-0.39, 0.29) is 23.1 Å². The van der Waals surface area contributed by atoms with Gasteiger partial charge in [0, 0.05) is 5.56 Å². The number of sulfonamides is 1. The topological polar surface area (TPSA) is 127 Å². The Morgan fingerprint density at radius 1 is 1.40 bits per heavy atom. The van der Waals surface area contributed by atoms with Crippen LogP contribution in [-0.4, -0.2) is 34.0 Å². The van der Waals surface area contributed by atoms with Gasteiger partial charge in [0.15, 0.2) is 5.82 Å². The van der Waals surface area contributed by atoms with Crippen LogP contribution in [0, 0.1) is 0 Å². The predicted octanol–water partition coefficient (Wildman–Crippen LogP) is -0.547. The fraction of sp³-hybridized carbons (Fsp3) is 0.200. The minimum absolute atomic E-state index is 0.0337. The van der Waals surface area contributed by atoms with Crippen LogP contribution < -0.4 is 10.5 Å². The van der Waals surface area contributed by atoms with Crippen LogP contribution in [0.1, 0.15) is 17.0 Å². The van der Waals surface area contributed by atoms with E-state index in [4.69, 9.17) is 18.0 Å². The van der Waals surface area contributed by atoms with E-state index in [1.807, 2.05) is 0 Å². The van der Waals surface area contributed by atoms with Gasteiger partial charge in [0.25, 0.3) is 0 Å². The molecule has 106 valence electrons. The van der Waals surface area contributed by atoms with Crippen molar-refractivity contribution in [2.75, 3.05) is 0 Å². The van der Waals surface area contributed by atoms with Crippen LogP contribution >= 0.6 is 12.2 Å². The Hall–Kier alpha value is -1.91. The quantitative estimate of drug-likeness (QED) is 0.611. The molecular weight excluding hydrogens is 300 g/mol. The van der Waals surface area contributed by atoms with E-state index in [1.165, 1.54) is 0 Å². The van der Waals surface area contributed by atoms with Gasteiger partial charge in [-0.1, -0.05) is 41.7 Å². The first-order valence-electron chi connectivity index (χ1n) is 5.55. The summed E-state index contributed by atoms with van der Waals surface area (Å²) in [6.07, 6.45) is 0. The van der Waals surface area contributed by atoms with Crippen LogP contribution in [0.2, 0.25) is 0 Å². The number of benzene rings is 1. The lowest BCUT2D eigenvalue weighted by Gasteiger charge is -2.09. The van der Waals surface area contributed by atoms with Crippen molar-refractivity contribution >= 4 is 27.2 Å². The number of hydrogen-bond acceptors (Lipinski definition) is 6. The Bertz CT molecular complexity index is 698. The van der Waals surface area contributed by atoms with Gasteiger partial charge in [-0.05, 0) is 5.56 Å². The summed E-state index contributed by atoms with van der Waals surface area (Å²) >= 11 is 4.90. The molecule has 1 aromatic heterocycles. The Morgan fingerprint density at radius 2 is 2.15 bits per heavy atom. The second-order valence-electron chi connectivity index (χ2n) is 3.93. The molecule has 0 atom stereocenters. The van der Waals surface area contributed by atoms with E-state index in [1.54, 1.807) is 24.3 Å². The molecule has 10 heteroatoms. The van der Waals surface area contributed by atoms with Gasteiger partial charge in [-0.2, -0.15) is 5.21 Å². The zero-order valence-electron chi connectivity index (χ0n) is 10.3. The monoisotopic (exact) mass is 312 g/mol. The zero-order chi connectivity index (χ0) is 14.6. The third-order valence-corrected chi connectivity index (χ3v) is 3.96. The van der Waals surface area contributed by atoms with Crippen LogP contribution in [0.3, 0.4) is 0 Å². The van der Waals surface area contributed by atoms with E-state index in [2.05, 4.69) is 25.3 Å². The number of nitrogens with two attached hydrogens (primary N) is 1. The number of rotatable bonds is 6. The Labute approximate surface area is 120 Å². The lowest BCUT2D eigenvalue weighted by molar-refractivity contribution is 0.578. The lowest BCUT2D eigenvalue weighted by Crippen LogP contribution is -2.26. The van der Waals surface area contributed by atoms with Crippen LogP contribution in [-0.2, 0) is 22.3 Å². The molecule has 0 saturated heterocycles. The Balaban J connectivity index is 2.10. The van der Waals surface area contributed by atoms with E-state index in [9.17, 15) is 8.42 Å². The molecule has 1 heterocycles. The van der Waals surface area contributed by atoms with Gasteiger partial charge in [0.1, 0.15) is 4.99 Å². The van der Waals surface area contributed by atoms with Gasteiger partial charge >= 0.3 is 0 Å². The molecule has 0 saturated carbocycles. The maximum Gasteiger partial charge on any atom is 0.216 e. The molecule has 0 aliphatic heterocycles. The minimum atomic E-state index is -3.55. The molecule has 0 aliphatic carbocycles. The maximum absolute atomic E-state index is 12.0. The number of H-pyrrole nitrogens is 1. The summed E-state index contributed by atoms with van der Waals surface area (Å²) in [6, 6.07) is 6.83. The molecule has 1 aromatic carbocycles. The van der Waals surface area contributed by atoms with E-state index < -0.39 is 10.0 Å². The second-order valence-corrected chi connectivity index (χ2v) is 6.18. The summed E-state index contributed by atoms with van der Waals surface area (Å²) < 4.78 is 26.4. The Morgan fingerprint density at radius 3 is 2.80 bits per heavy atom. The summed E-state index contributed by atoms with van der Waals surface area (Å²) in [5, 5.41) is 12.9. The SMILES string of the molecule is NC(=S)c1ccccc1CS(=O)(=O)NCc1nn[nH]n1. The largest absolute Gasteiger partial charge is 0.389 e. The highest BCUT2D eigenvalue weighted by Crippen LogP contribution is 2.12. The van der Waals surface area contributed by atoms with Crippen molar-refractivity contribution in [3.8, 4) is 0 Å². The van der Waals surface area contributed by atoms with Crippen LogP contribution in [0.25, 0.3) is 0 Å². The number of nitrogens with zero attached hydrogens (tertiary/aromatic N) is 3. The van der Waals surface area contributed by atoms with Gasteiger partial charge in [0.05, 0.1) is 12.3 Å². The van der Waals surface area contributed by atoms with Gasteiger partial charge in [-0.3, -0.25) is 0 Å². The van der Waals surface area contributed by atoms with Gasteiger partial charge in [-0.15, -0.1) is 10.2 Å². The first-order chi connectivity index (χ1) is 9.48. The average Bonchev–Trinajstić information content (AvgIpc) is 2.89. The Kier molecular flexibility index (Phi) is 4.37. The van der Waals surface area contributed by atoms with Crippen molar-refractivity contribution in [2.45, 2.75) is 12.3 Å². The molecule has 2 rings (SSSR count). The predicted molar refractivity (Wildman–Crippen MR) is 76.0 cm³/mol. The van der Waals surface area contributed by atoms with Crippen molar-refractivity contribution in [2.24, 2.45) is 5.73 Å². The van der Waals surface area contributed by atoms with Crippen molar-refractivity contribution in [3.63, 3.8) is 0 Å². The van der Waals surface area contributed by atoms with Crippen molar-refractivity contribution in [1.82, 2.24) is 25.3 Å². The first-order valence-corrected chi connectivity index (χ1v) is 7.61. The third-order valence-electron chi connectivity index (χ3n) is 2.47. The molecule has 0 radical (unpaired) electrons. The second kappa shape index (κ2) is 6.03. The average molecular weight is 312 g/mol. The highest BCUT2D eigenvalue weighted by Gasteiger charge is 2.15. The number of nitrogens with one attached hydrogen (secondary N) is 2. The summed E-state index contributed by atoms with van der Waals surface area (Å²) in [4.78, 5) is 0.161. The summed E-state index contributed by atoms with van der Waals surface area (Å²) in [5.74, 6) is 0.0365. The number of aromatic amines is 1. The molecular formula is C10H12N6O2S2. The summed E-state index contributed by atoms with van der Waals surface area (Å²) in [5.41, 5.74) is 6.66. The number of hydrogen-bond donors (Lipinski definition) is 3. The zero-order valence-corrected chi connectivity index (χ0v) is 11.9. The molecule has 0 fully saturated rings. The lowest BCUT2D eigenvalue weighted by atomic mass is 10.1. The molecule has 0 aliphatic rings. The van der Waals surface area contributed by atoms with E-state index in [0.29, 0.717) is 11.1 Å². The molecule has 0 amide bonds. The van der Waals surface area contributed by atoms with Crippen molar-refractivity contribution in [3.05, 3.63) is 41.2 Å². The molecule has 0 unspecified atom stereocenters. The third kappa shape index (κ3) is 3.79. The van der Waals surface area contributed by atoms with Crippen molar-refractivity contribution < 1.29 is 8.42 Å². The highest BCUT2D eigenvalue weighted by molar-refractivity contribution is 7.88. The highest BCUT2D eigenvalue weighted by atomic mass is 32.2. The van der Waals surface area contributed by atoms with Crippen LogP contribution in [0.15, 0.2) is 24.3 Å². The smallest absolute Gasteiger partial charge is 0.216 e. The molecule has 0 bridgehead atoms. The summed E-state index contributed by atoms with van der Waals surface area (Å²) in [6.45, 7) is -0.0337. The molecule has 20 heavy (non-hydrogen) atoms. The summed E-state index contributed by atoms with van der Waals surface area (Å²) in [7, 11) is -3.55. The normalized spacial score (nSPS) is 11.4. The van der Waals surface area contributed by atoms with Crippen LogP contribution in [0.4, 0.5) is 0 Å². The number of thiocarbonyl (C=S) groups is 1. The molecule has 4 N–H and O–H groups in total. The molecule has 0 spiro atoms. The van der Waals surface area contributed by atoms with E-state index >= 15 is 0 Å². The van der Waals surface area contributed by atoms with Gasteiger partial charge < -0.3 is 5.73 Å². The fourth-order valence-electron chi connectivity index (χ4n) is 1.57. The fourth-order valence-corrected chi connectivity index (χ4v) is 2.89. The number of tetrazole rings is 1. The van der Waals surface area contributed by atoms with Gasteiger partial charge in [0.2, 0.25) is 10.0 Å². The molecule has 2 aromatic rings. The minimum Gasteiger partial charge on any atom is -0.389 e. The van der Waals surface area contributed by atoms with E-state index in [0.717, 1.165) is 0 Å². The molecule has 8 nitrogen and oxygen atoms in total.